The first kappa shape index (κ1) is 8.77. The lowest BCUT2D eigenvalue weighted by Gasteiger charge is -2.21. The summed E-state index contributed by atoms with van der Waals surface area (Å²) in [5.74, 6) is 0. The summed E-state index contributed by atoms with van der Waals surface area (Å²) in [6, 6.07) is 6.97. The highest BCUT2D eigenvalue weighted by atomic mass is 16.4. The maximum Gasteiger partial charge on any atom is 0.478 e. The van der Waals surface area contributed by atoms with E-state index in [1.54, 1.807) is 24.3 Å². The zero-order valence-corrected chi connectivity index (χ0v) is 7.16. The van der Waals surface area contributed by atoms with Crippen molar-refractivity contribution in [1.82, 2.24) is 4.92 Å². The molecule has 0 spiro atoms. The monoisotopic (exact) mass is 190 g/mol. The molecule has 0 aliphatic carbocycles. The molecule has 0 saturated heterocycles. The number of rotatable bonds is 0. The van der Waals surface area contributed by atoms with E-state index in [1.807, 2.05) is 0 Å². The molecule has 0 aromatic heterocycles. The normalized spacial score (nSPS) is 14.1. The number of hydrogen-bond donors (Lipinski definition) is 2. The van der Waals surface area contributed by atoms with Crippen molar-refractivity contribution in [2.24, 2.45) is 5.10 Å². The average Bonchev–Trinajstić information content (AvgIpc) is 2.18. The van der Waals surface area contributed by atoms with Gasteiger partial charge < -0.3 is 10.1 Å². The van der Waals surface area contributed by atoms with Gasteiger partial charge in [-0.1, -0.05) is 24.3 Å². The van der Waals surface area contributed by atoms with Crippen LogP contribution in [0.5, 0.6) is 0 Å². The summed E-state index contributed by atoms with van der Waals surface area (Å²) in [5, 5.41) is 21.9. The number of amides is 1. The molecule has 2 N–H and O–H groups in total. The molecular formula is C8H7BN2O3. The van der Waals surface area contributed by atoms with E-state index in [0.717, 1.165) is 5.56 Å². The Morgan fingerprint density at radius 2 is 2.14 bits per heavy atom. The molecule has 14 heavy (non-hydrogen) atoms. The second-order valence-electron chi connectivity index (χ2n) is 2.87. The zero-order chi connectivity index (χ0) is 10.1. The highest BCUT2D eigenvalue weighted by molar-refractivity contribution is 6.67. The summed E-state index contributed by atoms with van der Waals surface area (Å²) < 4.78 is 0. The predicted octanol–water partition coefficient (Wildman–Crippen LogP) is -0.298. The van der Waals surface area contributed by atoms with Crippen LogP contribution in [-0.2, 0) is 0 Å². The molecule has 1 aliphatic heterocycles. The number of nitrogens with zero attached hydrogens (tertiary/aromatic N) is 2. The molecule has 0 bridgehead atoms. The van der Waals surface area contributed by atoms with Gasteiger partial charge in [0.1, 0.15) is 0 Å². The fourth-order valence-electron chi connectivity index (χ4n) is 1.34. The molecular weight excluding hydrogens is 183 g/mol. The first-order valence-electron chi connectivity index (χ1n) is 4.03. The van der Waals surface area contributed by atoms with Gasteiger partial charge in [0.15, 0.2) is 0 Å². The van der Waals surface area contributed by atoms with Crippen molar-refractivity contribution in [3.05, 3.63) is 29.8 Å². The third kappa shape index (κ3) is 1.25. The Kier molecular flexibility index (Phi) is 1.97. The van der Waals surface area contributed by atoms with Crippen LogP contribution in [0.25, 0.3) is 0 Å². The molecule has 1 amide bonds. The second kappa shape index (κ2) is 3.15. The minimum atomic E-state index is -1.27. The average molecular weight is 190 g/mol. The van der Waals surface area contributed by atoms with E-state index in [-0.39, 0.29) is 0 Å². The van der Waals surface area contributed by atoms with Gasteiger partial charge in [0.25, 0.3) is 0 Å². The van der Waals surface area contributed by atoms with Crippen LogP contribution in [-0.4, -0.2) is 34.4 Å². The molecule has 1 heterocycles. The molecule has 0 saturated carbocycles. The van der Waals surface area contributed by atoms with Crippen LogP contribution < -0.4 is 5.46 Å². The molecule has 0 atom stereocenters. The molecule has 1 aromatic rings. The maximum atomic E-state index is 10.6. The van der Waals surface area contributed by atoms with Crippen LogP contribution in [0.3, 0.4) is 0 Å². The highest BCUT2D eigenvalue weighted by Gasteiger charge is 2.32. The van der Waals surface area contributed by atoms with Gasteiger partial charge in [0, 0.05) is 0 Å². The van der Waals surface area contributed by atoms with E-state index < -0.39 is 13.1 Å². The van der Waals surface area contributed by atoms with Gasteiger partial charge in [-0.2, -0.15) is 5.10 Å². The summed E-state index contributed by atoms with van der Waals surface area (Å²) in [4.78, 5) is 11.2. The van der Waals surface area contributed by atoms with E-state index in [1.165, 1.54) is 6.21 Å². The van der Waals surface area contributed by atoms with E-state index in [4.69, 9.17) is 5.11 Å². The van der Waals surface area contributed by atoms with E-state index in [9.17, 15) is 9.82 Å². The Morgan fingerprint density at radius 1 is 1.43 bits per heavy atom. The van der Waals surface area contributed by atoms with Crippen LogP contribution in [0.4, 0.5) is 4.79 Å². The fourth-order valence-corrected chi connectivity index (χ4v) is 1.34. The van der Waals surface area contributed by atoms with Crippen molar-refractivity contribution in [2.75, 3.05) is 0 Å². The van der Waals surface area contributed by atoms with Gasteiger partial charge in [-0.05, 0) is 11.0 Å². The van der Waals surface area contributed by atoms with E-state index in [2.05, 4.69) is 5.10 Å². The molecule has 5 nitrogen and oxygen atoms in total. The summed E-state index contributed by atoms with van der Waals surface area (Å²) in [6.45, 7) is 0. The van der Waals surface area contributed by atoms with Gasteiger partial charge in [0.2, 0.25) is 0 Å². The maximum absolute atomic E-state index is 10.6. The molecule has 0 fully saturated rings. The topological polar surface area (TPSA) is 73.1 Å². The minimum Gasteiger partial charge on any atom is -0.464 e. The fraction of sp³-hybridized carbons (Fsp3) is 0. The van der Waals surface area contributed by atoms with Gasteiger partial charge in [-0.15, -0.1) is 0 Å². The van der Waals surface area contributed by atoms with E-state index in [0.29, 0.717) is 10.4 Å². The molecule has 70 valence electrons. The molecule has 0 unspecified atom stereocenters. The van der Waals surface area contributed by atoms with Crippen molar-refractivity contribution in [3.63, 3.8) is 0 Å². The number of hydrazone groups is 1. The second-order valence-corrected chi connectivity index (χ2v) is 2.87. The third-order valence-electron chi connectivity index (χ3n) is 2.02. The number of carboxylic acid groups (broad SMARTS) is 1. The lowest BCUT2D eigenvalue weighted by atomic mass is 9.70. The Morgan fingerprint density at radius 3 is 2.86 bits per heavy atom. The molecule has 1 aliphatic rings. The summed E-state index contributed by atoms with van der Waals surface area (Å²) in [5.41, 5.74) is 1.28. The third-order valence-corrected chi connectivity index (χ3v) is 2.02. The zero-order valence-electron chi connectivity index (χ0n) is 7.16. The van der Waals surface area contributed by atoms with Gasteiger partial charge >= 0.3 is 13.1 Å². The Labute approximate surface area is 80.4 Å². The Bertz CT molecular complexity index is 407. The van der Waals surface area contributed by atoms with Crippen molar-refractivity contribution < 1.29 is 14.9 Å². The molecule has 6 heteroatoms. The predicted molar refractivity (Wildman–Crippen MR) is 51.5 cm³/mol. The van der Waals surface area contributed by atoms with Crippen LogP contribution in [0, 0.1) is 0 Å². The lowest BCUT2D eigenvalue weighted by Crippen LogP contribution is -2.51. The van der Waals surface area contributed by atoms with Crippen LogP contribution in [0.2, 0.25) is 0 Å². The van der Waals surface area contributed by atoms with Crippen LogP contribution in [0.1, 0.15) is 5.56 Å². The summed E-state index contributed by atoms with van der Waals surface area (Å²) in [7, 11) is -1.21. The lowest BCUT2D eigenvalue weighted by molar-refractivity contribution is 0.168. The standard InChI is InChI=1S/C8H7BN2O3/c12-8(13)11-9(14)7-4-2-1-3-6(7)5-10-11/h1-5,14H,(H,12,13). The van der Waals surface area contributed by atoms with Crippen LogP contribution in [0.15, 0.2) is 29.4 Å². The minimum absolute atomic E-state index is 0.546. The van der Waals surface area contributed by atoms with Gasteiger partial charge in [-0.3, -0.25) is 0 Å². The first-order chi connectivity index (χ1) is 6.70. The summed E-state index contributed by atoms with van der Waals surface area (Å²) in [6.07, 6.45) is 0.138. The molecule has 0 radical (unpaired) electrons. The van der Waals surface area contributed by atoms with Crippen molar-refractivity contribution >= 4 is 24.8 Å². The number of carbonyl (C=O) groups is 1. The number of fused-ring (bicyclic) bond motifs is 1. The van der Waals surface area contributed by atoms with Crippen molar-refractivity contribution in [2.45, 2.75) is 0 Å². The smallest absolute Gasteiger partial charge is 0.464 e. The largest absolute Gasteiger partial charge is 0.478 e. The van der Waals surface area contributed by atoms with Gasteiger partial charge in [-0.25, -0.2) is 9.71 Å². The quantitative estimate of drug-likeness (QED) is 0.551. The van der Waals surface area contributed by atoms with Crippen LogP contribution >= 0.6 is 0 Å². The molecule has 1 aromatic carbocycles. The number of benzene rings is 1. The molecule has 2 rings (SSSR count). The summed E-state index contributed by atoms with van der Waals surface area (Å²) >= 11 is 0. The van der Waals surface area contributed by atoms with Gasteiger partial charge in [0.05, 0.1) is 6.21 Å². The Balaban J connectivity index is 2.44. The van der Waals surface area contributed by atoms with Crippen molar-refractivity contribution in [3.8, 4) is 0 Å². The van der Waals surface area contributed by atoms with E-state index >= 15 is 0 Å². The highest BCUT2D eigenvalue weighted by Crippen LogP contribution is 2.05. The Hall–Kier alpha value is -1.82. The van der Waals surface area contributed by atoms with Crippen molar-refractivity contribution in [1.29, 1.82) is 0 Å². The SMILES string of the molecule is O=C(O)N1N=Cc2ccccc2B1O. The number of hydrogen-bond acceptors (Lipinski definition) is 3. The first-order valence-corrected chi connectivity index (χ1v) is 4.03.